The molecule has 0 unspecified atom stereocenters. The molecule has 82 valence electrons. The van der Waals surface area contributed by atoms with Crippen molar-refractivity contribution in [2.45, 2.75) is 6.54 Å². The van der Waals surface area contributed by atoms with E-state index in [1.165, 1.54) is 0 Å². The summed E-state index contributed by atoms with van der Waals surface area (Å²) in [5, 5.41) is 2.72. The molecule has 0 aliphatic rings. The maximum atomic E-state index is 10.9. The largest absolute Gasteiger partial charge is 0.378 e. The summed E-state index contributed by atoms with van der Waals surface area (Å²) < 4.78 is 0. The fraction of sp³-hybridized carbons (Fsp3) is 0.364. The average molecular weight is 207 g/mol. The SMILES string of the molecule is CN(C)c1ccc(CNC(=O)CN)cc1. The summed E-state index contributed by atoms with van der Waals surface area (Å²) in [4.78, 5) is 12.9. The zero-order valence-electron chi connectivity index (χ0n) is 9.16. The molecule has 1 amide bonds. The quantitative estimate of drug-likeness (QED) is 0.748. The average Bonchev–Trinajstić information content (AvgIpc) is 2.26. The molecule has 1 rings (SSSR count). The van der Waals surface area contributed by atoms with Gasteiger partial charge in [0.2, 0.25) is 5.91 Å². The van der Waals surface area contributed by atoms with Gasteiger partial charge in [-0.2, -0.15) is 0 Å². The highest BCUT2D eigenvalue weighted by atomic mass is 16.1. The van der Waals surface area contributed by atoms with Gasteiger partial charge in [-0.1, -0.05) is 12.1 Å². The summed E-state index contributed by atoms with van der Waals surface area (Å²) in [6, 6.07) is 8.02. The van der Waals surface area contributed by atoms with Gasteiger partial charge in [-0.3, -0.25) is 4.79 Å². The van der Waals surface area contributed by atoms with Crippen molar-refractivity contribution in [2.24, 2.45) is 5.73 Å². The van der Waals surface area contributed by atoms with Crippen LogP contribution in [0.1, 0.15) is 5.56 Å². The van der Waals surface area contributed by atoms with Crippen LogP contribution in [0.5, 0.6) is 0 Å². The van der Waals surface area contributed by atoms with Crippen LogP contribution < -0.4 is 16.0 Å². The monoisotopic (exact) mass is 207 g/mol. The van der Waals surface area contributed by atoms with Crippen molar-refractivity contribution in [1.29, 1.82) is 0 Å². The number of nitrogens with one attached hydrogen (secondary N) is 1. The lowest BCUT2D eigenvalue weighted by molar-refractivity contribution is -0.119. The number of amides is 1. The van der Waals surface area contributed by atoms with Crippen LogP contribution in [-0.4, -0.2) is 26.5 Å². The van der Waals surface area contributed by atoms with Crippen LogP contribution in [0.25, 0.3) is 0 Å². The molecular weight excluding hydrogens is 190 g/mol. The highest BCUT2D eigenvalue weighted by Gasteiger charge is 1.98. The second-order valence-corrected chi connectivity index (χ2v) is 3.54. The number of carbonyl (C=O) groups excluding carboxylic acids is 1. The van der Waals surface area contributed by atoms with Gasteiger partial charge in [0.25, 0.3) is 0 Å². The summed E-state index contributed by atoms with van der Waals surface area (Å²) in [5.41, 5.74) is 7.40. The summed E-state index contributed by atoms with van der Waals surface area (Å²) in [6.07, 6.45) is 0. The smallest absolute Gasteiger partial charge is 0.234 e. The van der Waals surface area contributed by atoms with Crippen LogP contribution in [0.4, 0.5) is 5.69 Å². The summed E-state index contributed by atoms with van der Waals surface area (Å²) in [6.45, 7) is 0.569. The van der Waals surface area contributed by atoms with Crippen molar-refractivity contribution in [1.82, 2.24) is 5.32 Å². The van der Waals surface area contributed by atoms with Crippen molar-refractivity contribution < 1.29 is 4.79 Å². The van der Waals surface area contributed by atoms with Gasteiger partial charge in [0, 0.05) is 26.3 Å². The molecule has 1 aromatic carbocycles. The molecule has 0 aliphatic heterocycles. The lowest BCUT2D eigenvalue weighted by Crippen LogP contribution is -2.29. The van der Waals surface area contributed by atoms with Gasteiger partial charge in [-0.15, -0.1) is 0 Å². The Balaban J connectivity index is 2.53. The Morgan fingerprint density at radius 1 is 1.33 bits per heavy atom. The number of carbonyl (C=O) groups is 1. The minimum Gasteiger partial charge on any atom is -0.378 e. The fourth-order valence-electron chi connectivity index (χ4n) is 1.18. The molecule has 3 N–H and O–H groups in total. The predicted molar refractivity (Wildman–Crippen MR) is 61.7 cm³/mol. The van der Waals surface area contributed by atoms with Crippen molar-refractivity contribution >= 4 is 11.6 Å². The first kappa shape index (κ1) is 11.5. The van der Waals surface area contributed by atoms with E-state index in [0.717, 1.165) is 11.3 Å². The second kappa shape index (κ2) is 5.36. The van der Waals surface area contributed by atoms with Gasteiger partial charge in [-0.25, -0.2) is 0 Å². The number of rotatable bonds is 4. The van der Waals surface area contributed by atoms with Crippen LogP contribution >= 0.6 is 0 Å². The standard InChI is InChI=1S/C11H17N3O/c1-14(2)10-5-3-9(4-6-10)8-13-11(15)7-12/h3-6H,7-8,12H2,1-2H3,(H,13,15). The van der Waals surface area contributed by atoms with E-state index in [1.807, 2.05) is 43.3 Å². The lowest BCUT2D eigenvalue weighted by atomic mass is 10.2. The van der Waals surface area contributed by atoms with E-state index in [4.69, 9.17) is 5.73 Å². The van der Waals surface area contributed by atoms with Crippen LogP contribution in [0.2, 0.25) is 0 Å². The van der Waals surface area contributed by atoms with Gasteiger partial charge >= 0.3 is 0 Å². The Kier molecular flexibility index (Phi) is 4.12. The minimum atomic E-state index is -0.133. The number of nitrogens with two attached hydrogens (primary N) is 1. The molecule has 0 aliphatic carbocycles. The van der Waals surface area contributed by atoms with Crippen molar-refractivity contribution in [3.8, 4) is 0 Å². The van der Waals surface area contributed by atoms with Gasteiger partial charge < -0.3 is 16.0 Å². The first-order valence-corrected chi connectivity index (χ1v) is 4.86. The molecule has 4 nitrogen and oxygen atoms in total. The Morgan fingerprint density at radius 3 is 2.40 bits per heavy atom. The molecule has 0 heterocycles. The third-order valence-electron chi connectivity index (χ3n) is 2.13. The molecule has 1 aromatic rings. The first-order valence-electron chi connectivity index (χ1n) is 4.86. The molecule has 0 bridgehead atoms. The number of hydrogen-bond acceptors (Lipinski definition) is 3. The Morgan fingerprint density at radius 2 is 1.93 bits per heavy atom. The Labute approximate surface area is 90.1 Å². The Bertz CT molecular complexity index is 319. The van der Waals surface area contributed by atoms with Crippen LogP contribution in [0.15, 0.2) is 24.3 Å². The van der Waals surface area contributed by atoms with Crippen molar-refractivity contribution in [2.75, 3.05) is 25.5 Å². The zero-order chi connectivity index (χ0) is 11.3. The summed E-state index contributed by atoms with van der Waals surface area (Å²) in [7, 11) is 3.98. The number of anilines is 1. The van der Waals surface area contributed by atoms with E-state index in [1.54, 1.807) is 0 Å². The third-order valence-corrected chi connectivity index (χ3v) is 2.13. The van der Waals surface area contributed by atoms with Crippen LogP contribution in [0, 0.1) is 0 Å². The molecule has 0 spiro atoms. The highest BCUT2D eigenvalue weighted by molar-refractivity contribution is 5.77. The van der Waals surface area contributed by atoms with Gasteiger partial charge in [0.05, 0.1) is 6.54 Å². The van der Waals surface area contributed by atoms with E-state index < -0.39 is 0 Å². The van der Waals surface area contributed by atoms with Crippen LogP contribution in [0.3, 0.4) is 0 Å². The molecule has 0 fully saturated rings. The zero-order valence-corrected chi connectivity index (χ0v) is 9.16. The molecule has 0 saturated heterocycles. The fourth-order valence-corrected chi connectivity index (χ4v) is 1.18. The second-order valence-electron chi connectivity index (χ2n) is 3.54. The maximum Gasteiger partial charge on any atom is 0.234 e. The molecule has 15 heavy (non-hydrogen) atoms. The molecule has 0 saturated carbocycles. The summed E-state index contributed by atoms with van der Waals surface area (Å²) in [5.74, 6) is -0.133. The third kappa shape index (κ3) is 3.59. The van der Waals surface area contributed by atoms with Gasteiger partial charge in [-0.05, 0) is 17.7 Å². The van der Waals surface area contributed by atoms with E-state index in [-0.39, 0.29) is 12.5 Å². The van der Waals surface area contributed by atoms with E-state index in [2.05, 4.69) is 5.32 Å². The van der Waals surface area contributed by atoms with Crippen LogP contribution in [-0.2, 0) is 11.3 Å². The van der Waals surface area contributed by atoms with Crippen molar-refractivity contribution in [3.63, 3.8) is 0 Å². The predicted octanol–water partition coefficient (Wildman–Crippen LogP) is 0.328. The molecule has 0 atom stereocenters. The number of hydrogen-bond donors (Lipinski definition) is 2. The molecule has 0 aromatic heterocycles. The van der Waals surface area contributed by atoms with E-state index in [0.29, 0.717) is 6.54 Å². The normalized spacial score (nSPS) is 9.80. The molecule has 0 radical (unpaired) electrons. The lowest BCUT2D eigenvalue weighted by Gasteiger charge is -2.12. The Hall–Kier alpha value is -1.55. The van der Waals surface area contributed by atoms with E-state index in [9.17, 15) is 4.79 Å². The topological polar surface area (TPSA) is 58.4 Å². The molecular formula is C11H17N3O. The number of nitrogens with zero attached hydrogens (tertiary/aromatic N) is 1. The van der Waals surface area contributed by atoms with Gasteiger partial charge in [0.1, 0.15) is 0 Å². The number of benzene rings is 1. The first-order chi connectivity index (χ1) is 7.13. The van der Waals surface area contributed by atoms with Gasteiger partial charge in [0.15, 0.2) is 0 Å². The van der Waals surface area contributed by atoms with Crippen molar-refractivity contribution in [3.05, 3.63) is 29.8 Å². The minimum absolute atomic E-state index is 0.0375. The molecule has 4 heteroatoms. The highest BCUT2D eigenvalue weighted by Crippen LogP contribution is 2.11. The maximum absolute atomic E-state index is 10.9. The summed E-state index contributed by atoms with van der Waals surface area (Å²) >= 11 is 0. The van der Waals surface area contributed by atoms with E-state index >= 15 is 0 Å².